The third-order valence-corrected chi connectivity index (χ3v) is 4.99. The molecule has 0 aliphatic carbocycles. The number of amides is 6. The SMILES string of the molecule is CC(C)(C)NC(=O)NC(=O)CN1C(=O)NC(Cc2ccccc2)(Cc2ccccc2)C1=O. The second-order valence-electron chi connectivity index (χ2n) is 8.98. The number of hydrogen-bond acceptors (Lipinski definition) is 4. The van der Waals surface area contributed by atoms with E-state index < -0.39 is 41.5 Å². The van der Waals surface area contributed by atoms with Crippen LogP contribution in [0.2, 0.25) is 0 Å². The number of hydrogen-bond donors (Lipinski definition) is 3. The molecule has 0 spiro atoms. The van der Waals surface area contributed by atoms with Crippen LogP contribution in [0.15, 0.2) is 60.7 Å². The number of urea groups is 2. The van der Waals surface area contributed by atoms with E-state index in [2.05, 4.69) is 16.0 Å². The van der Waals surface area contributed by atoms with Gasteiger partial charge in [-0.15, -0.1) is 0 Å². The average Bonchev–Trinajstić information content (AvgIpc) is 2.92. The van der Waals surface area contributed by atoms with Gasteiger partial charge >= 0.3 is 12.1 Å². The largest absolute Gasteiger partial charge is 0.333 e. The molecule has 3 N–H and O–H groups in total. The molecule has 1 saturated heterocycles. The van der Waals surface area contributed by atoms with Gasteiger partial charge in [0.2, 0.25) is 5.91 Å². The molecule has 0 atom stereocenters. The first-order chi connectivity index (χ1) is 15.1. The fourth-order valence-corrected chi connectivity index (χ4v) is 3.69. The van der Waals surface area contributed by atoms with E-state index in [-0.39, 0.29) is 12.8 Å². The van der Waals surface area contributed by atoms with Crippen molar-refractivity contribution in [1.82, 2.24) is 20.9 Å². The van der Waals surface area contributed by atoms with E-state index in [1.807, 2.05) is 60.7 Å². The summed E-state index contributed by atoms with van der Waals surface area (Å²) in [5.41, 5.74) is 0.000276. The minimum absolute atomic E-state index is 0.274. The monoisotopic (exact) mass is 436 g/mol. The zero-order chi connectivity index (χ0) is 23.4. The molecule has 32 heavy (non-hydrogen) atoms. The fourth-order valence-electron chi connectivity index (χ4n) is 3.69. The van der Waals surface area contributed by atoms with Crippen LogP contribution in [0, 0.1) is 0 Å². The molecule has 1 fully saturated rings. The summed E-state index contributed by atoms with van der Waals surface area (Å²) in [4.78, 5) is 51.4. The molecule has 0 bridgehead atoms. The second-order valence-corrected chi connectivity index (χ2v) is 8.98. The predicted molar refractivity (Wildman–Crippen MR) is 120 cm³/mol. The number of nitrogens with zero attached hydrogens (tertiary/aromatic N) is 1. The lowest BCUT2D eigenvalue weighted by Crippen LogP contribution is -2.52. The normalized spacial score (nSPS) is 15.3. The predicted octanol–water partition coefficient (Wildman–Crippen LogP) is 2.39. The van der Waals surface area contributed by atoms with E-state index in [4.69, 9.17) is 0 Å². The summed E-state index contributed by atoms with van der Waals surface area (Å²) in [5.74, 6) is -1.24. The first-order valence-corrected chi connectivity index (χ1v) is 10.4. The minimum Gasteiger partial charge on any atom is -0.333 e. The molecule has 8 nitrogen and oxygen atoms in total. The molecular formula is C24H28N4O4. The van der Waals surface area contributed by atoms with Crippen LogP contribution in [0.4, 0.5) is 9.59 Å². The van der Waals surface area contributed by atoms with E-state index >= 15 is 0 Å². The van der Waals surface area contributed by atoms with Crippen molar-refractivity contribution in [3.8, 4) is 0 Å². The van der Waals surface area contributed by atoms with E-state index in [1.165, 1.54) is 0 Å². The lowest BCUT2D eigenvalue weighted by Gasteiger charge is -2.27. The zero-order valence-corrected chi connectivity index (χ0v) is 18.5. The van der Waals surface area contributed by atoms with Gasteiger partial charge in [-0.3, -0.25) is 19.8 Å². The van der Waals surface area contributed by atoms with Crippen LogP contribution in [0.5, 0.6) is 0 Å². The van der Waals surface area contributed by atoms with E-state index in [1.54, 1.807) is 20.8 Å². The van der Waals surface area contributed by atoms with Gasteiger partial charge in [-0.1, -0.05) is 60.7 Å². The third kappa shape index (κ3) is 5.72. The Kier molecular flexibility index (Phi) is 6.62. The minimum atomic E-state index is -1.23. The second kappa shape index (κ2) is 9.21. The van der Waals surface area contributed by atoms with Crippen molar-refractivity contribution in [3.63, 3.8) is 0 Å². The Bertz CT molecular complexity index is 958. The first-order valence-electron chi connectivity index (χ1n) is 10.4. The van der Waals surface area contributed by atoms with Crippen LogP contribution >= 0.6 is 0 Å². The number of nitrogens with one attached hydrogen (secondary N) is 3. The maximum absolute atomic E-state index is 13.5. The highest BCUT2D eigenvalue weighted by Crippen LogP contribution is 2.27. The topological polar surface area (TPSA) is 108 Å². The van der Waals surface area contributed by atoms with Crippen molar-refractivity contribution < 1.29 is 19.2 Å². The number of benzene rings is 2. The highest BCUT2D eigenvalue weighted by atomic mass is 16.2. The van der Waals surface area contributed by atoms with Crippen molar-refractivity contribution in [2.45, 2.75) is 44.7 Å². The Morgan fingerprint density at radius 3 is 1.88 bits per heavy atom. The van der Waals surface area contributed by atoms with Crippen LogP contribution in [-0.2, 0) is 22.4 Å². The Balaban J connectivity index is 1.80. The van der Waals surface area contributed by atoms with E-state index in [9.17, 15) is 19.2 Å². The summed E-state index contributed by atoms with van der Waals surface area (Å²) < 4.78 is 0. The molecule has 8 heteroatoms. The van der Waals surface area contributed by atoms with Gasteiger partial charge in [0.1, 0.15) is 12.1 Å². The molecule has 0 aromatic heterocycles. The van der Waals surface area contributed by atoms with Gasteiger partial charge in [0, 0.05) is 18.4 Å². The van der Waals surface area contributed by atoms with Crippen molar-refractivity contribution in [1.29, 1.82) is 0 Å². The number of imide groups is 2. The molecule has 0 unspecified atom stereocenters. The molecule has 0 saturated carbocycles. The summed E-state index contributed by atoms with van der Waals surface area (Å²) in [6.45, 7) is 4.77. The Labute approximate surface area is 187 Å². The first kappa shape index (κ1) is 23.0. The molecule has 1 aliphatic heterocycles. The van der Waals surface area contributed by atoms with Gasteiger partial charge in [-0.25, -0.2) is 9.59 Å². The quantitative estimate of drug-likeness (QED) is 0.604. The van der Waals surface area contributed by atoms with E-state index in [0.717, 1.165) is 16.0 Å². The maximum Gasteiger partial charge on any atom is 0.325 e. The Hall–Kier alpha value is -3.68. The van der Waals surface area contributed by atoms with Gasteiger partial charge in [-0.2, -0.15) is 0 Å². The van der Waals surface area contributed by atoms with Gasteiger partial charge in [0.05, 0.1) is 0 Å². The summed E-state index contributed by atoms with van der Waals surface area (Å²) >= 11 is 0. The number of carbonyl (C=O) groups excluding carboxylic acids is 4. The van der Waals surface area contributed by atoms with Gasteiger partial charge in [0.15, 0.2) is 0 Å². The Morgan fingerprint density at radius 2 is 1.41 bits per heavy atom. The standard InChI is InChI=1S/C24H28N4O4/c1-23(2,3)26-21(31)25-19(29)16-28-20(30)24(27-22(28)32,14-17-10-6-4-7-11-17)15-18-12-8-5-9-13-18/h4-13H,14-16H2,1-3H3,(H,27,32)(H2,25,26,29,31). The zero-order valence-electron chi connectivity index (χ0n) is 18.5. The lowest BCUT2D eigenvalue weighted by molar-refractivity contribution is -0.134. The molecule has 6 amide bonds. The maximum atomic E-state index is 13.5. The van der Waals surface area contributed by atoms with Crippen molar-refractivity contribution in [2.24, 2.45) is 0 Å². The molecule has 0 radical (unpaired) electrons. The number of carbonyl (C=O) groups is 4. The van der Waals surface area contributed by atoms with Crippen LogP contribution in [0.25, 0.3) is 0 Å². The van der Waals surface area contributed by atoms with Crippen molar-refractivity contribution in [2.75, 3.05) is 6.54 Å². The average molecular weight is 437 g/mol. The smallest absolute Gasteiger partial charge is 0.325 e. The molecule has 2 aromatic carbocycles. The van der Waals surface area contributed by atoms with Crippen LogP contribution < -0.4 is 16.0 Å². The highest BCUT2D eigenvalue weighted by Gasteiger charge is 2.51. The molecule has 1 aliphatic rings. The fraction of sp³-hybridized carbons (Fsp3) is 0.333. The van der Waals surface area contributed by atoms with Crippen LogP contribution in [0.3, 0.4) is 0 Å². The summed E-state index contributed by atoms with van der Waals surface area (Å²) in [7, 11) is 0. The highest BCUT2D eigenvalue weighted by molar-refractivity contribution is 6.10. The molecule has 3 rings (SSSR count). The molecular weight excluding hydrogens is 408 g/mol. The summed E-state index contributed by atoms with van der Waals surface area (Å²) in [6.07, 6.45) is 0.547. The van der Waals surface area contributed by atoms with Gasteiger partial charge in [0.25, 0.3) is 5.91 Å². The van der Waals surface area contributed by atoms with Crippen molar-refractivity contribution in [3.05, 3.63) is 71.8 Å². The summed E-state index contributed by atoms with van der Waals surface area (Å²) in [6, 6.07) is 17.4. The molecule has 2 aromatic rings. The van der Waals surface area contributed by atoms with Crippen molar-refractivity contribution >= 4 is 23.9 Å². The molecule has 168 valence electrons. The lowest BCUT2D eigenvalue weighted by atomic mass is 9.84. The van der Waals surface area contributed by atoms with Crippen LogP contribution in [0.1, 0.15) is 31.9 Å². The van der Waals surface area contributed by atoms with Gasteiger partial charge < -0.3 is 10.6 Å². The third-order valence-electron chi connectivity index (χ3n) is 4.99. The van der Waals surface area contributed by atoms with Gasteiger partial charge in [-0.05, 0) is 31.9 Å². The van der Waals surface area contributed by atoms with E-state index in [0.29, 0.717) is 0 Å². The number of rotatable bonds is 6. The molecule has 1 heterocycles. The van der Waals surface area contributed by atoms with Crippen LogP contribution in [-0.4, -0.2) is 46.4 Å². The Morgan fingerprint density at radius 1 is 0.906 bits per heavy atom. The summed E-state index contributed by atoms with van der Waals surface area (Å²) in [5, 5.41) is 7.59.